The van der Waals surface area contributed by atoms with E-state index in [-0.39, 0.29) is 42.8 Å². The molecule has 14 heteroatoms. The van der Waals surface area contributed by atoms with Gasteiger partial charge < -0.3 is 30.0 Å². The van der Waals surface area contributed by atoms with Crippen LogP contribution in [-0.2, 0) is 16.1 Å². The molecule has 4 aromatic rings. The molecule has 11 nitrogen and oxygen atoms in total. The number of piperidine rings is 1. The van der Waals surface area contributed by atoms with E-state index in [4.69, 9.17) is 19.9 Å². The Balaban J connectivity index is 1.13. The number of halogens is 3. The number of hydrogen-bond acceptors (Lipinski definition) is 9. The average molecular weight is 692 g/mol. The van der Waals surface area contributed by atoms with Crippen LogP contribution in [0.3, 0.4) is 0 Å². The van der Waals surface area contributed by atoms with Crippen molar-refractivity contribution in [3.63, 3.8) is 0 Å². The molecule has 1 spiro atoms. The summed E-state index contributed by atoms with van der Waals surface area (Å²) >= 11 is 0. The van der Waals surface area contributed by atoms with Gasteiger partial charge in [0.1, 0.15) is 24.2 Å². The number of carbonyl (C=O) groups excluding carboxylic acids is 1. The summed E-state index contributed by atoms with van der Waals surface area (Å²) in [5.41, 5.74) is 7.60. The summed E-state index contributed by atoms with van der Waals surface area (Å²) in [5, 5.41) is 9.93. The number of nitrogen functional groups attached to an aromatic ring is 1. The maximum Gasteiger partial charge on any atom is 0.429 e. The van der Waals surface area contributed by atoms with Crippen molar-refractivity contribution in [2.75, 3.05) is 37.4 Å². The maximum absolute atomic E-state index is 14.3. The quantitative estimate of drug-likeness (QED) is 0.200. The van der Waals surface area contributed by atoms with E-state index in [9.17, 15) is 27.9 Å². The van der Waals surface area contributed by atoms with Gasteiger partial charge in [0.2, 0.25) is 17.9 Å². The lowest BCUT2D eigenvalue weighted by Crippen LogP contribution is -2.43. The van der Waals surface area contributed by atoms with Gasteiger partial charge in [0, 0.05) is 31.3 Å². The molecule has 2 atom stereocenters. The van der Waals surface area contributed by atoms with Gasteiger partial charge in [0.15, 0.2) is 0 Å². The third kappa shape index (κ3) is 7.69. The molecule has 1 amide bonds. The molecule has 0 radical (unpaired) electrons. The van der Waals surface area contributed by atoms with Crippen LogP contribution in [0.1, 0.15) is 36.5 Å². The minimum Gasteiger partial charge on any atom is -0.497 e. The third-order valence-corrected chi connectivity index (χ3v) is 9.24. The third-order valence-electron chi connectivity index (χ3n) is 9.24. The van der Waals surface area contributed by atoms with Crippen molar-refractivity contribution in [1.82, 2.24) is 14.9 Å². The van der Waals surface area contributed by atoms with Gasteiger partial charge in [0.25, 0.3) is 0 Å². The van der Waals surface area contributed by atoms with Crippen LogP contribution in [-0.4, -0.2) is 71.0 Å². The average Bonchev–Trinajstić information content (AvgIpc) is 3.49. The van der Waals surface area contributed by atoms with Crippen LogP contribution in [0.2, 0.25) is 0 Å². The van der Waals surface area contributed by atoms with Gasteiger partial charge in [-0.15, -0.1) is 0 Å². The highest BCUT2D eigenvalue weighted by atomic mass is 19.4. The van der Waals surface area contributed by atoms with Crippen molar-refractivity contribution in [2.45, 2.75) is 44.2 Å². The lowest BCUT2D eigenvalue weighted by atomic mass is 9.76. The Morgan fingerprint density at radius 1 is 0.980 bits per heavy atom. The van der Waals surface area contributed by atoms with E-state index >= 15 is 0 Å². The molecule has 0 saturated carbocycles. The van der Waals surface area contributed by atoms with Crippen LogP contribution in [0, 0.1) is 5.41 Å². The predicted octanol–water partition coefficient (Wildman–Crippen LogP) is 6.50. The number of amides is 1. The van der Waals surface area contributed by atoms with Gasteiger partial charge in [0.05, 0.1) is 7.11 Å². The number of likely N-dealkylation sites (tertiary alicyclic amines) is 1. The lowest BCUT2D eigenvalue weighted by molar-refractivity contribution is -0.198. The number of carboxylic acid groups (broad SMARTS) is 1. The molecule has 3 heterocycles. The number of aliphatic carboxylic acids is 1. The molecule has 2 fully saturated rings. The number of hydrogen-bond donors (Lipinski definition) is 2. The molecule has 2 aliphatic rings. The zero-order valence-electron chi connectivity index (χ0n) is 27.2. The predicted molar refractivity (Wildman–Crippen MR) is 178 cm³/mol. The summed E-state index contributed by atoms with van der Waals surface area (Å²) in [7, 11) is 1.54. The first kappa shape index (κ1) is 34.3. The van der Waals surface area contributed by atoms with Gasteiger partial charge in [-0.25, -0.2) is 9.59 Å². The number of aromatic nitrogens is 2. The molecule has 0 aliphatic carbocycles. The molecule has 1 unspecified atom stereocenters. The van der Waals surface area contributed by atoms with Gasteiger partial charge in [-0.2, -0.15) is 23.1 Å². The maximum atomic E-state index is 14.3. The molecule has 2 saturated heterocycles. The van der Waals surface area contributed by atoms with Crippen molar-refractivity contribution < 1.29 is 42.1 Å². The first-order chi connectivity index (χ1) is 23.9. The fraction of sp³-hybridized carbons (Fsp3) is 0.333. The Labute approximate surface area is 286 Å². The molecule has 262 valence electrons. The normalized spacial score (nSPS) is 17.7. The molecular formula is C36H36F3N5O6. The Hall–Kier alpha value is -5.53. The van der Waals surface area contributed by atoms with Gasteiger partial charge in [-0.3, -0.25) is 4.90 Å². The number of ether oxygens (including phenoxy) is 3. The van der Waals surface area contributed by atoms with E-state index in [0.29, 0.717) is 37.2 Å². The second-order valence-corrected chi connectivity index (χ2v) is 12.5. The molecule has 2 aliphatic heterocycles. The van der Waals surface area contributed by atoms with E-state index in [1.165, 1.54) is 30.2 Å². The van der Waals surface area contributed by atoms with Crippen molar-refractivity contribution >= 4 is 23.8 Å². The zero-order valence-corrected chi connectivity index (χ0v) is 27.2. The van der Waals surface area contributed by atoms with Crippen LogP contribution >= 0.6 is 0 Å². The largest absolute Gasteiger partial charge is 0.497 e. The standard InChI is InChI=1S/C36H36F3N5O6/c1-48-27-9-5-8-26(18-27)24-10-12-25(13-11-24)31(36(37,38)39)50-30-19-29(41-33(40)42-30)43-16-14-35(15-17-43)20-28(32(45)46)44(22-35)34(47)49-21-23-6-3-2-4-7-23/h2-13,18-19,28,31H,14-17,20-22H2,1H3,(H,45,46)(H2,40,41,42)/t28?,31-/m0/s1. The van der Waals surface area contributed by atoms with Crippen LogP contribution < -0.4 is 20.1 Å². The van der Waals surface area contributed by atoms with Gasteiger partial charge in [-0.1, -0.05) is 66.7 Å². The topological polar surface area (TPSA) is 140 Å². The van der Waals surface area contributed by atoms with Crippen LogP contribution in [0.5, 0.6) is 11.6 Å². The highest BCUT2D eigenvalue weighted by Crippen LogP contribution is 2.45. The number of carbonyl (C=O) groups is 2. The molecule has 6 rings (SSSR count). The Kier molecular flexibility index (Phi) is 9.71. The van der Waals surface area contributed by atoms with Gasteiger partial charge in [-0.05, 0) is 53.5 Å². The Morgan fingerprint density at radius 3 is 2.36 bits per heavy atom. The second kappa shape index (κ2) is 14.1. The highest BCUT2D eigenvalue weighted by molar-refractivity contribution is 5.81. The zero-order chi connectivity index (χ0) is 35.5. The van der Waals surface area contributed by atoms with Crippen LogP contribution in [0.15, 0.2) is 84.9 Å². The number of methoxy groups -OCH3 is 1. The highest BCUT2D eigenvalue weighted by Gasteiger charge is 2.51. The Morgan fingerprint density at radius 2 is 1.70 bits per heavy atom. The monoisotopic (exact) mass is 691 g/mol. The summed E-state index contributed by atoms with van der Waals surface area (Å²) in [5.74, 6) is -0.806. The summed E-state index contributed by atoms with van der Waals surface area (Å²) in [4.78, 5) is 36.5. The number of nitrogens with zero attached hydrogens (tertiary/aromatic N) is 4. The lowest BCUT2D eigenvalue weighted by Gasteiger charge is -2.39. The molecule has 3 aromatic carbocycles. The van der Waals surface area contributed by atoms with Gasteiger partial charge >= 0.3 is 18.2 Å². The van der Waals surface area contributed by atoms with E-state index < -0.39 is 35.8 Å². The Bertz CT molecular complexity index is 1820. The van der Waals surface area contributed by atoms with Crippen LogP contribution in [0.4, 0.5) is 29.7 Å². The number of alkyl halides is 3. The number of anilines is 2. The molecule has 3 N–H and O–H groups in total. The molecule has 0 bridgehead atoms. The van der Waals surface area contributed by atoms with Crippen LogP contribution in [0.25, 0.3) is 11.1 Å². The number of rotatable bonds is 9. The second-order valence-electron chi connectivity index (χ2n) is 12.5. The summed E-state index contributed by atoms with van der Waals surface area (Å²) < 4.78 is 59.2. The fourth-order valence-electron chi connectivity index (χ4n) is 6.59. The number of nitrogens with two attached hydrogens (primary N) is 1. The first-order valence-corrected chi connectivity index (χ1v) is 16.0. The molecule has 1 aromatic heterocycles. The van der Waals surface area contributed by atoms with Crippen molar-refractivity contribution in [3.05, 3.63) is 96.1 Å². The fourth-order valence-corrected chi connectivity index (χ4v) is 6.59. The molecular weight excluding hydrogens is 655 g/mol. The minimum absolute atomic E-state index is 0.0205. The van der Waals surface area contributed by atoms with Crippen molar-refractivity contribution in [2.24, 2.45) is 5.41 Å². The smallest absolute Gasteiger partial charge is 0.429 e. The van der Waals surface area contributed by atoms with E-state index in [1.807, 2.05) is 41.3 Å². The van der Waals surface area contributed by atoms with Crippen molar-refractivity contribution in [3.8, 4) is 22.8 Å². The SMILES string of the molecule is COc1cccc(-c2ccc([C@H](Oc3cc(N4CCC5(CC4)CC(C(=O)O)N(C(=O)OCc4ccccc4)C5)nc(N)n3)C(F)(F)F)cc2)c1. The van der Waals surface area contributed by atoms with E-state index in [0.717, 1.165) is 11.1 Å². The minimum atomic E-state index is -4.77. The van der Waals surface area contributed by atoms with E-state index in [2.05, 4.69) is 9.97 Å². The number of benzene rings is 3. The summed E-state index contributed by atoms with van der Waals surface area (Å²) in [6.07, 6.45) is -6.53. The van der Waals surface area contributed by atoms with Crippen molar-refractivity contribution in [1.29, 1.82) is 0 Å². The summed E-state index contributed by atoms with van der Waals surface area (Å²) in [6, 6.07) is 22.4. The molecule has 50 heavy (non-hydrogen) atoms. The number of carboxylic acids is 1. The van der Waals surface area contributed by atoms with E-state index in [1.54, 1.807) is 30.3 Å². The summed E-state index contributed by atoms with van der Waals surface area (Å²) in [6.45, 7) is 1.01. The first-order valence-electron chi connectivity index (χ1n) is 16.0.